The van der Waals surface area contributed by atoms with Crippen molar-refractivity contribution in [2.75, 3.05) is 11.9 Å². The molecule has 0 aliphatic rings. The number of rotatable bonds is 10. The van der Waals surface area contributed by atoms with Gasteiger partial charge in [-0.2, -0.15) is 0 Å². The van der Waals surface area contributed by atoms with Crippen LogP contribution in [-0.4, -0.2) is 16.6 Å². The summed E-state index contributed by atoms with van der Waals surface area (Å²) < 4.78 is 6.19. The molecule has 0 radical (unpaired) electrons. The van der Waals surface area contributed by atoms with Crippen LogP contribution in [-0.2, 0) is 13.1 Å². The van der Waals surface area contributed by atoms with Crippen molar-refractivity contribution >= 4 is 44.4 Å². The van der Waals surface area contributed by atoms with Crippen molar-refractivity contribution in [3.63, 3.8) is 0 Å². The Morgan fingerprint density at radius 2 is 1.75 bits per heavy atom. The molecule has 184 valence electrons. The van der Waals surface area contributed by atoms with Gasteiger partial charge in [0, 0.05) is 30.6 Å². The van der Waals surface area contributed by atoms with Gasteiger partial charge in [-0.3, -0.25) is 0 Å². The monoisotopic (exact) mass is 495 g/mol. The van der Waals surface area contributed by atoms with E-state index in [9.17, 15) is 0 Å². The van der Waals surface area contributed by atoms with Crippen molar-refractivity contribution in [1.29, 1.82) is 0 Å². The number of benzene rings is 3. The minimum Gasteiger partial charge on any atom is -0.351 e. The molecule has 0 bridgehead atoms. The second-order valence-corrected chi connectivity index (χ2v) is 10.3. The van der Waals surface area contributed by atoms with Crippen molar-refractivity contribution in [1.82, 2.24) is 9.55 Å². The SMILES string of the molecule is CCCCCC[n+]1c(/C=C/N(C)c2ccccc2)n(CC)c2cc(-c3nc4ccccc4s3)ccc21. The topological polar surface area (TPSA) is 24.9 Å². The molecule has 0 aliphatic carbocycles. The number of fused-ring (bicyclic) bond motifs is 2. The molecule has 0 spiro atoms. The molecule has 4 nitrogen and oxygen atoms in total. The van der Waals surface area contributed by atoms with Gasteiger partial charge in [-0.05, 0) is 62.2 Å². The van der Waals surface area contributed by atoms with E-state index in [1.807, 2.05) is 0 Å². The minimum atomic E-state index is 0.913. The highest BCUT2D eigenvalue weighted by molar-refractivity contribution is 7.21. The Hall–Kier alpha value is -3.44. The summed E-state index contributed by atoms with van der Waals surface area (Å²) >= 11 is 1.77. The molecule has 0 saturated heterocycles. The lowest BCUT2D eigenvalue weighted by molar-refractivity contribution is -0.674. The standard InChI is InChI=1S/C31H35N4S/c1-4-6-7-13-21-35-27-19-18-24(31-32-26-16-11-12-17-29(26)36-31)23-28(27)34(5-2)30(35)20-22-33(3)25-14-9-8-10-15-25/h8-12,14-20,22-23H,4-7,13,21H2,1-3H3/q+1. The zero-order valence-corrected chi connectivity index (χ0v) is 22.3. The molecule has 2 aromatic heterocycles. The summed E-state index contributed by atoms with van der Waals surface area (Å²) in [6.07, 6.45) is 9.45. The van der Waals surface area contributed by atoms with Gasteiger partial charge in [0.2, 0.25) is 0 Å². The highest BCUT2D eigenvalue weighted by Crippen LogP contribution is 2.32. The van der Waals surface area contributed by atoms with Crippen molar-refractivity contribution in [2.45, 2.75) is 52.6 Å². The molecule has 5 aromatic rings. The van der Waals surface area contributed by atoms with E-state index in [1.165, 1.54) is 58.5 Å². The normalized spacial score (nSPS) is 11.8. The average molecular weight is 496 g/mol. The number of hydrogen-bond acceptors (Lipinski definition) is 3. The van der Waals surface area contributed by atoms with Gasteiger partial charge in [0.05, 0.1) is 23.3 Å². The van der Waals surface area contributed by atoms with Crippen LogP contribution in [0.1, 0.15) is 45.4 Å². The first-order chi connectivity index (χ1) is 17.7. The van der Waals surface area contributed by atoms with Crippen LogP contribution in [0.5, 0.6) is 0 Å². The number of para-hydroxylation sites is 2. The average Bonchev–Trinajstić information content (AvgIpc) is 3.48. The number of thiazole rings is 1. The number of aryl methyl sites for hydroxylation is 2. The molecule has 36 heavy (non-hydrogen) atoms. The molecular formula is C31H35N4S+. The van der Waals surface area contributed by atoms with Crippen molar-refractivity contribution in [3.05, 3.63) is 84.8 Å². The van der Waals surface area contributed by atoms with E-state index >= 15 is 0 Å². The number of unbranched alkanes of at least 4 members (excludes halogenated alkanes) is 3. The Balaban J connectivity index is 1.57. The third kappa shape index (κ3) is 4.93. The van der Waals surface area contributed by atoms with Crippen LogP contribution in [0.4, 0.5) is 5.69 Å². The predicted octanol–water partition coefficient (Wildman–Crippen LogP) is 7.91. The number of aromatic nitrogens is 3. The third-order valence-corrected chi connectivity index (χ3v) is 7.90. The second kappa shape index (κ2) is 11.1. The van der Waals surface area contributed by atoms with Gasteiger partial charge in [-0.15, -0.1) is 11.3 Å². The van der Waals surface area contributed by atoms with Crippen LogP contribution in [0, 0.1) is 0 Å². The molecule has 0 amide bonds. The van der Waals surface area contributed by atoms with E-state index in [-0.39, 0.29) is 0 Å². The van der Waals surface area contributed by atoms with Crippen LogP contribution in [0.2, 0.25) is 0 Å². The summed E-state index contributed by atoms with van der Waals surface area (Å²) in [5.74, 6) is 1.24. The van der Waals surface area contributed by atoms with Gasteiger partial charge in [0.1, 0.15) is 5.01 Å². The zero-order chi connectivity index (χ0) is 24.9. The molecule has 3 aromatic carbocycles. The van der Waals surface area contributed by atoms with E-state index in [4.69, 9.17) is 4.98 Å². The number of hydrogen-bond donors (Lipinski definition) is 0. The zero-order valence-electron chi connectivity index (χ0n) is 21.5. The summed E-state index contributed by atoms with van der Waals surface area (Å²) in [7, 11) is 2.11. The lowest BCUT2D eigenvalue weighted by atomic mass is 10.2. The Morgan fingerprint density at radius 3 is 2.53 bits per heavy atom. The number of anilines is 1. The molecule has 0 aliphatic heterocycles. The van der Waals surface area contributed by atoms with Gasteiger partial charge in [-0.1, -0.05) is 50.1 Å². The first kappa shape index (κ1) is 24.3. The summed E-state index contributed by atoms with van der Waals surface area (Å²) in [5, 5.41) is 1.08. The Labute approximate surface area is 218 Å². The molecule has 2 heterocycles. The fraction of sp³-hybridized carbons (Fsp3) is 0.290. The molecule has 5 heteroatoms. The van der Waals surface area contributed by atoms with Crippen LogP contribution in [0.15, 0.2) is 79.0 Å². The maximum atomic E-state index is 4.92. The quantitative estimate of drug-likeness (QED) is 0.145. The van der Waals surface area contributed by atoms with Gasteiger partial charge in [0.15, 0.2) is 11.0 Å². The first-order valence-electron chi connectivity index (χ1n) is 13.1. The Kier molecular flexibility index (Phi) is 7.47. The molecular weight excluding hydrogens is 460 g/mol. The van der Waals surface area contributed by atoms with Crippen LogP contribution >= 0.6 is 11.3 Å². The van der Waals surface area contributed by atoms with E-state index in [2.05, 4.69) is 120 Å². The van der Waals surface area contributed by atoms with E-state index in [1.54, 1.807) is 11.3 Å². The predicted molar refractivity (Wildman–Crippen MR) is 154 cm³/mol. The van der Waals surface area contributed by atoms with Crippen molar-refractivity contribution < 1.29 is 4.57 Å². The highest BCUT2D eigenvalue weighted by Gasteiger charge is 2.23. The van der Waals surface area contributed by atoms with Crippen LogP contribution in [0.25, 0.3) is 37.9 Å². The molecule has 0 saturated carbocycles. The Bertz CT molecular complexity index is 1450. The summed E-state index contributed by atoms with van der Waals surface area (Å²) in [6.45, 7) is 6.45. The van der Waals surface area contributed by atoms with Gasteiger partial charge in [0.25, 0.3) is 5.82 Å². The van der Waals surface area contributed by atoms with Crippen LogP contribution < -0.4 is 9.47 Å². The fourth-order valence-corrected chi connectivity index (χ4v) is 5.82. The largest absolute Gasteiger partial charge is 0.351 e. The molecule has 5 rings (SSSR count). The fourth-order valence-electron chi connectivity index (χ4n) is 4.86. The lowest BCUT2D eigenvalue weighted by Gasteiger charge is -2.13. The maximum Gasteiger partial charge on any atom is 0.283 e. The van der Waals surface area contributed by atoms with E-state index < -0.39 is 0 Å². The summed E-state index contributed by atoms with van der Waals surface area (Å²) in [5.41, 5.74) is 6.00. The smallest absolute Gasteiger partial charge is 0.283 e. The third-order valence-electron chi connectivity index (χ3n) is 6.81. The molecule has 0 unspecified atom stereocenters. The molecule has 0 fully saturated rings. The first-order valence-corrected chi connectivity index (χ1v) is 13.9. The molecule has 0 atom stereocenters. The summed E-state index contributed by atoms with van der Waals surface area (Å²) in [4.78, 5) is 7.11. The molecule has 0 N–H and O–H groups in total. The Morgan fingerprint density at radius 1 is 0.944 bits per heavy atom. The van der Waals surface area contributed by atoms with E-state index in [0.29, 0.717) is 0 Å². The van der Waals surface area contributed by atoms with Gasteiger partial charge < -0.3 is 4.90 Å². The number of nitrogens with zero attached hydrogens (tertiary/aromatic N) is 4. The lowest BCUT2D eigenvalue weighted by Crippen LogP contribution is -2.36. The van der Waals surface area contributed by atoms with Crippen molar-refractivity contribution in [3.8, 4) is 10.6 Å². The van der Waals surface area contributed by atoms with Gasteiger partial charge in [-0.25, -0.2) is 14.1 Å². The maximum absolute atomic E-state index is 4.92. The van der Waals surface area contributed by atoms with Gasteiger partial charge >= 0.3 is 0 Å². The number of imidazole rings is 1. The van der Waals surface area contributed by atoms with Crippen molar-refractivity contribution in [2.24, 2.45) is 0 Å². The second-order valence-electron chi connectivity index (χ2n) is 9.27. The van der Waals surface area contributed by atoms with Crippen LogP contribution in [0.3, 0.4) is 0 Å². The van der Waals surface area contributed by atoms with E-state index in [0.717, 1.165) is 23.6 Å². The minimum absolute atomic E-state index is 0.913. The summed E-state index contributed by atoms with van der Waals surface area (Å²) in [6, 6.07) is 25.8. The highest BCUT2D eigenvalue weighted by atomic mass is 32.1.